The van der Waals surface area contributed by atoms with Crippen LogP contribution in [0.2, 0.25) is 0 Å². The van der Waals surface area contributed by atoms with Gasteiger partial charge in [0.05, 0.1) is 12.2 Å². The van der Waals surface area contributed by atoms with E-state index in [1.807, 2.05) is 0 Å². The fourth-order valence-corrected chi connectivity index (χ4v) is 3.44. The van der Waals surface area contributed by atoms with Gasteiger partial charge in [-0.1, -0.05) is 0 Å². The third-order valence-electron chi connectivity index (χ3n) is 2.87. The van der Waals surface area contributed by atoms with Crippen molar-refractivity contribution in [3.63, 3.8) is 0 Å². The zero-order valence-electron chi connectivity index (χ0n) is 12.5. The summed E-state index contributed by atoms with van der Waals surface area (Å²) in [5, 5.41) is 34.1. The number of aliphatic hydroxyl groups excluding tert-OH is 2. The highest BCUT2D eigenvalue weighted by Crippen LogP contribution is 2.16. The van der Waals surface area contributed by atoms with E-state index in [1.165, 1.54) is 0 Å². The van der Waals surface area contributed by atoms with Crippen LogP contribution in [-0.2, 0) is 29.8 Å². The molecule has 25 heavy (non-hydrogen) atoms. The summed E-state index contributed by atoms with van der Waals surface area (Å²) in [4.78, 5) is 20.9. The largest absolute Gasteiger partial charge is 0.481 e. The van der Waals surface area contributed by atoms with Crippen molar-refractivity contribution in [3.05, 3.63) is 0 Å². The number of hydrogen-bond acceptors (Lipinski definition) is 8. The fraction of sp³-hybridized carbons (Fsp3) is 0.800. The maximum absolute atomic E-state index is 11.3. The van der Waals surface area contributed by atoms with E-state index < -0.39 is 80.8 Å². The molecule has 6 N–H and O–H groups in total. The van der Waals surface area contributed by atoms with Gasteiger partial charge in [-0.3, -0.25) is 18.7 Å². The minimum Gasteiger partial charge on any atom is -0.481 e. The molecule has 0 saturated carbocycles. The van der Waals surface area contributed by atoms with Crippen molar-refractivity contribution in [2.45, 2.75) is 48.6 Å². The van der Waals surface area contributed by atoms with E-state index in [2.05, 4.69) is 5.32 Å². The van der Waals surface area contributed by atoms with E-state index >= 15 is 0 Å². The second-order valence-electron chi connectivity index (χ2n) is 4.96. The molecule has 147 valence electrons. The lowest BCUT2D eigenvalue weighted by Gasteiger charge is -2.26. The van der Waals surface area contributed by atoms with Crippen LogP contribution in [0, 0.1) is 0 Å². The van der Waals surface area contributed by atoms with E-state index in [0.29, 0.717) is 0 Å². The second kappa shape index (κ2) is 9.37. The Morgan fingerprint density at radius 2 is 1.04 bits per heavy atom. The third-order valence-corrected chi connectivity index (χ3v) is 4.96. The lowest BCUT2D eigenvalue weighted by molar-refractivity contribution is -0.138. The molecule has 15 heteroatoms. The average molecular weight is 408 g/mol. The molecule has 0 saturated heterocycles. The molecule has 0 aromatic heterocycles. The van der Waals surface area contributed by atoms with Crippen molar-refractivity contribution in [1.82, 2.24) is 5.32 Å². The number of carboxylic acids is 2. The number of carbonyl (C=O) groups is 2. The van der Waals surface area contributed by atoms with Crippen LogP contribution in [-0.4, -0.2) is 81.3 Å². The maximum Gasteiger partial charge on any atom is 0.303 e. The Morgan fingerprint density at radius 3 is 1.24 bits per heavy atom. The molecule has 0 aliphatic heterocycles. The first-order valence-electron chi connectivity index (χ1n) is 6.58. The summed E-state index contributed by atoms with van der Waals surface area (Å²) in [5.74, 6) is -2.86. The second-order valence-corrected chi connectivity index (χ2v) is 7.99. The van der Waals surface area contributed by atoms with E-state index in [0.717, 1.165) is 0 Å². The Bertz CT molecular complexity index is 614. The van der Waals surface area contributed by atoms with Gasteiger partial charge in [0.25, 0.3) is 20.2 Å². The SMILES string of the molecule is O=C(O)CCC(O)C([N]C(C(O)CCC(=O)O)S(=O)(=O)O)S(=O)(=O)O. The highest BCUT2D eigenvalue weighted by molar-refractivity contribution is 7.87. The van der Waals surface area contributed by atoms with Gasteiger partial charge < -0.3 is 20.4 Å². The number of carboxylic acid groups (broad SMARTS) is 2. The molecule has 1 radical (unpaired) electrons. The minimum absolute atomic E-state index is 0.743. The molecular formula is C10H18NO12S2. The fourth-order valence-electron chi connectivity index (χ4n) is 1.72. The molecule has 0 bridgehead atoms. The molecule has 0 fully saturated rings. The standard InChI is InChI=1S/C10H18NO12S2/c12-5(1-3-7(14)15)9(24(18,19)20)11-10(25(21,22)23)6(13)2-4-8(16)17/h5-6,9-10,12-13H,1-4H2,(H,14,15)(H,16,17)(H,18,19,20)(H,21,22,23). The normalized spacial score (nSPS) is 17.4. The van der Waals surface area contributed by atoms with Gasteiger partial charge in [-0.2, -0.15) is 22.2 Å². The average Bonchev–Trinajstić information content (AvgIpc) is 2.40. The zero-order chi connectivity index (χ0) is 20.0. The van der Waals surface area contributed by atoms with Crippen molar-refractivity contribution < 1.29 is 56.0 Å². The molecular weight excluding hydrogens is 390 g/mol. The summed E-state index contributed by atoms with van der Waals surface area (Å²) in [6.07, 6.45) is -7.31. The summed E-state index contributed by atoms with van der Waals surface area (Å²) < 4.78 is 63.2. The van der Waals surface area contributed by atoms with Crippen LogP contribution >= 0.6 is 0 Å². The molecule has 0 amide bonds. The highest BCUT2D eigenvalue weighted by atomic mass is 32.2. The zero-order valence-corrected chi connectivity index (χ0v) is 14.2. The monoisotopic (exact) mass is 408 g/mol. The van der Waals surface area contributed by atoms with Gasteiger partial charge >= 0.3 is 11.9 Å². The number of aliphatic carboxylic acids is 2. The van der Waals surface area contributed by atoms with Crippen molar-refractivity contribution >= 4 is 32.2 Å². The van der Waals surface area contributed by atoms with Crippen LogP contribution in [0.4, 0.5) is 0 Å². The quantitative estimate of drug-likeness (QED) is 0.183. The Morgan fingerprint density at radius 1 is 0.760 bits per heavy atom. The molecule has 4 atom stereocenters. The molecule has 0 aromatic carbocycles. The Hall–Kier alpha value is -1.36. The predicted molar refractivity (Wildman–Crippen MR) is 78.6 cm³/mol. The van der Waals surface area contributed by atoms with Crippen LogP contribution in [0.5, 0.6) is 0 Å². The molecule has 0 aromatic rings. The van der Waals surface area contributed by atoms with Gasteiger partial charge in [-0.25, -0.2) is 0 Å². The molecule has 0 spiro atoms. The van der Waals surface area contributed by atoms with E-state index in [-0.39, 0.29) is 0 Å². The molecule has 13 nitrogen and oxygen atoms in total. The first-order valence-corrected chi connectivity index (χ1v) is 9.59. The van der Waals surface area contributed by atoms with Crippen molar-refractivity contribution in [2.75, 3.05) is 0 Å². The van der Waals surface area contributed by atoms with Gasteiger partial charge in [-0.15, -0.1) is 0 Å². The Labute approximate surface area is 142 Å². The third kappa shape index (κ3) is 9.05. The van der Waals surface area contributed by atoms with Gasteiger partial charge in [0.2, 0.25) is 0 Å². The lowest BCUT2D eigenvalue weighted by atomic mass is 10.1. The number of hydrogen-bond donors (Lipinski definition) is 6. The van der Waals surface area contributed by atoms with Gasteiger partial charge in [0, 0.05) is 12.8 Å². The smallest absolute Gasteiger partial charge is 0.303 e. The van der Waals surface area contributed by atoms with Crippen molar-refractivity contribution in [3.8, 4) is 0 Å². The van der Waals surface area contributed by atoms with Gasteiger partial charge in [-0.05, 0) is 12.8 Å². The first-order chi connectivity index (χ1) is 11.2. The Balaban J connectivity index is 5.47. The lowest BCUT2D eigenvalue weighted by Crippen LogP contribution is -2.52. The van der Waals surface area contributed by atoms with Gasteiger partial charge in [0.1, 0.15) is 0 Å². The molecule has 0 heterocycles. The van der Waals surface area contributed by atoms with Crippen molar-refractivity contribution in [2.24, 2.45) is 0 Å². The van der Waals surface area contributed by atoms with Gasteiger partial charge in [0.15, 0.2) is 10.7 Å². The first kappa shape index (κ1) is 23.6. The van der Waals surface area contributed by atoms with E-state index in [9.17, 15) is 36.6 Å². The Kier molecular flexibility index (Phi) is 8.86. The van der Waals surface area contributed by atoms with Crippen molar-refractivity contribution in [1.29, 1.82) is 0 Å². The van der Waals surface area contributed by atoms with E-state index in [1.54, 1.807) is 0 Å². The van der Waals surface area contributed by atoms with Crippen LogP contribution in [0.1, 0.15) is 25.7 Å². The van der Waals surface area contributed by atoms with Crippen LogP contribution < -0.4 is 5.32 Å². The van der Waals surface area contributed by atoms with Crippen LogP contribution in [0.25, 0.3) is 0 Å². The molecule has 0 aliphatic rings. The minimum atomic E-state index is -5.24. The summed E-state index contributed by atoms with van der Waals surface area (Å²) >= 11 is 0. The predicted octanol–water partition coefficient (Wildman–Crippen LogP) is -2.53. The number of aliphatic hydroxyl groups is 2. The highest BCUT2D eigenvalue weighted by Gasteiger charge is 2.41. The topological polar surface area (TPSA) is 238 Å². The molecule has 0 aliphatic carbocycles. The van der Waals surface area contributed by atoms with Crippen LogP contribution in [0.15, 0.2) is 0 Å². The van der Waals surface area contributed by atoms with Crippen LogP contribution in [0.3, 0.4) is 0 Å². The summed E-state index contributed by atoms with van der Waals surface area (Å²) in [7, 11) is -10.5. The van der Waals surface area contributed by atoms with E-state index in [4.69, 9.17) is 19.3 Å². The number of rotatable bonds is 12. The summed E-state index contributed by atoms with van der Waals surface area (Å²) in [6.45, 7) is 0. The summed E-state index contributed by atoms with van der Waals surface area (Å²) in [6, 6.07) is 0. The molecule has 4 unspecified atom stereocenters. The molecule has 0 rings (SSSR count). The maximum atomic E-state index is 11.3. The summed E-state index contributed by atoms with van der Waals surface area (Å²) in [5.41, 5.74) is 0. The number of nitrogens with zero attached hydrogens (tertiary/aromatic N) is 1.